The number of carboxylic acids is 1. The number of tetrazole rings is 1. The van der Waals surface area contributed by atoms with E-state index in [4.69, 9.17) is 16.7 Å². The number of hydrogen-bond acceptors (Lipinski definition) is 9. The number of carboxylic acid groups (broad SMARTS) is 1. The highest BCUT2D eigenvalue weighted by Crippen LogP contribution is 2.30. The first-order chi connectivity index (χ1) is 25.0. The van der Waals surface area contributed by atoms with Crippen LogP contribution in [0.2, 0.25) is 5.02 Å². The van der Waals surface area contributed by atoms with Gasteiger partial charge < -0.3 is 40.9 Å². The van der Waals surface area contributed by atoms with E-state index in [0.717, 1.165) is 0 Å². The van der Waals surface area contributed by atoms with Crippen molar-refractivity contribution in [2.24, 2.45) is 0 Å². The van der Waals surface area contributed by atoms with Crippen molar-refractivity contribution in [2.75, 3.05) is 35.2 Å². The summed E-state index contributed by atoms with van der Waals surface area (Å²) in [5.41, 5.74) is 2.70. The summed E-state index contributed by atoms with van der Waals surface area (Å²) < 4.78 is 1.34. The van der Waals surface area contributed by atoms with Gasteiger partial charge in [-0.3, -0.25) is 14.4 Å². The number of fused-ring (bicyclic) bond motifs is 1. The van der Waals surface area contributed by atoms with Gasteiger partial charge in [0, 0.05) is 59.5 Å². The highest BCUT2D eigenvalue weighted by molar-refractivity contribution is 6.41. The minimum Gasteiger partial charge on any atom is -0.477 e. The van der Waals surface area contributed by atoms with E-state index in [1.165, 1.54) is 32.9 Å². The summed E-state index contributed by atoms with van der Waals surface area (Å²) in [4.78, 5) is 70.8. The third kappa shape index (κ3) is 7.85. The maximum atomic E-state index is 14.0. The van der Waals surface area contributed by atoms with Crippen LogP contribution in [0.4, 0.5) is 21.9 Å². The molecule has 6 N–H and O–H groups in total. The molecule has 2 atom stereocenters. The molecule has 1 aliphatic rings. The Bertz CT molecular complexity index is 2140. The number of carbonyl (C=O) groups excluding carboxylic acids is 4. The number of carbonyl (C=O) groups is 5. The zero-order valence-corrected chi connectivity index (χ0v) is 28.4. The number of benzene rings is 3. The van der Waals surface area contributed by atoms with Crippen LogP contribution < -0.4 is 20.9 Å². The molecule has 1 saturated heterocycles. The summed E-state index contributed by atoms with van der Waals surface area (Å²) in [5, 5.41) is 38.8. The number of aliphatic hydroxyl groups excluding tert-OH is 1. The van der Waals surface area contributed by atoms with E-state index in [1.54, 1.807) is 61.5 Å². The number of halogens is 1. The largest absolute Gasteiger partial charge is 0.477 e. The van der Waals surface area contributed by atoms with Gasteiger partial charge in [-0.25, -0.2) is 9.59 Å². The number of aliphatic hydroxyl groups is 1. The van der Waals surface area contributed by atoms with E-state index in [-0.39, 0.29) is 37.9 Å². The fourth-order valence-corrected chi connectivity index (χ4v) is 6.02. The zero-order chi connectivity index (χ0) is 36.9. The number of aromatic carboxylic acids is 1. The molecular weight excluding hydrogens is 696 g/mol. The Morgan fingerprint density at radius 2 is 1.71 bits per heavy atom. The zero-order valence-electron chi connectivity index (χ0n) is 27.6. The Balaban J connectivity index is 1.25. The third-order valence-corrected chi connectivity index (χ3v) is 8.69. The molecule has 5 aromatic rings. The van der Waals surface area contributed by atoms with E-state index in [9.17, 15) is 29.1 Å². The van der Waals surface area contributed by atoms with Crippen molar-refractivity contribution in [1.29, 1.82) is 0 Å². The average Bonchev–Trinajstić information content (AvgIpc) is 3.80. The lowest BCUT2D eigenvalue weighted by Crippen LogP contribution is -2.60. The predicted octanol–water partition coefficient (Wildman–Crippen LogP) is 2.81. The fourth-order valence-electron chi connectivity index (χ4n) is 5.85. The highest BCUT2D eigenvalue weighted by Gasteiger charge is 2.40. The SMILES string of the molecule is C[C@@H](CCO)NC(=O)Nc1ccc(C[C@@H](C(=O)Nc2ccc3[nH]c(C(=O)O)cc3c2)N2CCN(c3cc(Cl)ccc3-n3cnnn3)C(=O)C2=O)cc1. The van der Waals surface area contributed by atoms with E-state index in [1.807, 2.05) is 0 Å². The molecule has 5 amide bonds. The van der Waals surface area contributed by atoms with E-state index >= 15 is 0 Å². The molecule has 1 fully saturated rings. The number of nitrogens with one attached hydrogen (secondary N) is 4. The smallest absolute Gasteiger partial charge is 0.352 e. The van der Waals surface area contributed by atoms with E-state index in [2.05, 4.69) is 36.5 Å². The quantitative estimate of drug-likeness (QED) is 0.103. The van der Waals surface area contributed by atoms with Crippen LogP contribution in [0.3, 0.4) is 0 Å². The lowest BCUT2D eigenvalue weighted by Gasteiger charge is -2.38. The minimum absolute atomic E-state index is 0.00741. The Kier molecular flexibility index (Phi) is 10.4. The summed E-state index contributed by atoms with van der Waals surface area (Å²) in [5.74, 6) is -3.53. The lowest BCUT2D eigenvalue weighted by atomic mass is 10.0. The summed E-state index contributed by atoms with van der Waals surface area (Å²) in [6.07, 6.45) is 1.74. The van der Waals surface area contributed by atoms with Gasteiger partial charge in [0.05, 0.1) is 11.4 Å². The molecule has 3 aromatic carbocycles. The molecule has 2 aromatic heterocycles. The number of aromatic nitrogens is 5. The van der Waals surface area contributed by atoms with Crippen LogP contribution in [0.5, 0.6) is 0 Å². The number of anilines is 3. The van der Waals surface area contributed by atoms with Crippen molar-refractivity contribution in [3.63, 3.8) is 0 Å². The van der Waals surface area contributed by atoms with Gasteiger partial charge in [-0.15, -0.1) is 5.10 Å². The molecular formula is C34H33ClN10O7. The summed E-state index contributed by atoms with van der Waals surface area (Å²) in [6.45, 7) is 1.70. The number of urea groups is 1. The van der Waals surface area contributed by atoms with Gasteiger partial charge >= 0.3 is 23.8 Å². The van der Waals surface area contributed by atoms with Crippen molar-refractivity contribution in [3.8, 4) is 5.69 Å². The van der Waals surface area contributed by atoms with Crippen LogP contribution >= 0.6 is 11.6 Å². The number of hydrogen-bond donors (Lipinski definition) is 6. The van der Waals surface area contributed by atoms with Gasteiger partial charge in [-0.1, -0.05) is 23.7 Å². The van der Waals surface area contributed by atoms with Crippen molar-refractivity contribution in [3.05, 3.63) is 89.3 Å². The monoisotopic (exact) mass is 728 g/mol. The lowest BCUT2D eigenvalue weighted by molar-refractivity contribution is -0.149. The van der Waals surface area contributed by atoms with Gasteiger partial charge in [-0.2, -0.15) is 4.68 Å². The van der Waals surface area contributed by atoms with Crippen LogP contribution in [0.1, 0.15) is 29.4 Å². The fraction of sp³-hybridized carbons (Fsp3) is 0.235. The second-order valence-corrected chi connectivity index (χ2v) is 12.5. The van der Waals surface area contributed by atoms with Crippen LogP contribution in [0, 0.1) is 0 Å². The third-order valence-electron chi connectivity index (χ3n) is 8.46. The van der Waals surface area contributed by atoms with Crippen molar-refractivity contribution in [2.45, 2.75) is 31.8 Å². The number of rotatable bonds is 12. The molecule has 3 heterocycles. The number of aromatic amines is 1. The van der Waals surface area contributed by atoms with Crippen LogP contribution in [0.25, 0.3) is 16.6 Å². The summed E-state index contributed by atoms with van der Waals surface area (Å²) >= 11 is 6.28. The molecule has 18 heteroatoms. The van der Waals surface area contributed by atoms with Crippen molar-refractivity contribution < 1.29 is 34.2 Å². The Morgan fingerprint density at radius 1 is 0.942 bits per heavy atom. The molecule has 17 nitrogen and oxygen atoms in total. The molecule has 0 saturated carbocycles. The molecule has 1 aliphatic heterocycles. The molecule has 6 rings (SSSR count). The van der Waals surface area contributed by atoms with Crippen LogP contribution in [-0.2, 0) is 20.8 Å². The van der Waals surface area contributed by atoms with Crippen molar-refractivity contribution >= 4 is 69.3 Å². The maximum Gasteiger partial charge on any atom is 0.352 e. The van der Waals surface area contributed by atoms with Crippen LogP contribution in [-0.4, -0.2) is 102 Å². The van der Waals surface area contributed by atoms with Gasteiger partial charge in [0.1, 0.15) is 18.1 Å². The number of piperazine rings is 1. The molecule has 0 aliphatic carbocycles. The van der Waals surface area contributed by atoms with Gasteiger partial charge in [0.25, 0.3) is 0 Å². The van der Waals surface area contributed by atoms with Gasteiger partial charge in [0.2, 0.25) is 5.91 Å². The standard InChI is InChI=1S/C34H33ClN10O7/c1-19(10-13-46)37-34(52)39-23-5-2-20(3-6-23)14-29(30(47)38-24-7-8-25-21(15-24)16-26(40-25)33(50)51)44-12-11-43(31(48)32(44)49)28-17-22(35)4-9-27(28)45-18-36-41-42-45/h2-9,15-19,29,40,46H,10-14H2,1H3,(H,38,47)(H,50,51)(H2,37,39,52)/t19-,29-/m0/s1. The van der Waals surface area contributed by atoms with Crippen LogP contribution in [0.15, 0.2) is 73.1 Å². The topological polar surface area (TPSA) is 228 Å². The predicted molar refractivity (Wildman–Crippen MR) is 189 cm³/mol. The van der Waals surface area contributed by atoms with E-state index in [0.29, 0.717) is 50.7 Å². The molecule has 0 bridgehead atoms. The summed E-state index contributed by atoms with van der Waals surface area (Å²) in [6, 6.07) is 15.8. The van der Waals surface area contributed by atoms with E-state index < -0.39 is 35.8 Å². The Labute approximate surface area is 300 Å². The number of amides is 5. The maximum absolute atomic E-state index is 14.0. The summed E-state index contributed by atoms with van der Waals surface area (Å²) in [7, 11) is 0. The average molecular weight is 729 g/mol. The molecule has 0 unspecified atom stereocenters. The van der Waals surface area contributed by atoms with Gasteiger partial charge in [-0.05, 0) is 83.9 Å². The normalized spacial score (nSPS) is 14.3. The van der Waals surface area contributed by atoms with Crippen molar-refractivity contribution in [1.82, 2.24) is 35.4 Å². The molecule has 0 radical (unpaired) electrons. The first-order valence-corrected chi connectivity index (χ1v) is 16.5. The number of H-pyrrole nitrogens is 1. The second kappa shape index (κ2) is 15.3. The first-order valence-electron chi connectivity index (χ1n) is 16.1. The Hall–Kier alpha value is -6.33. The molecule has 0 spiro atoms. The Morgan fingerprint density at radius 3 is 2.42 bits per heavy atom. The molecule has 268 valence electrons. The molecule has 52 heavy (non-hydrogen) atoms. The number of nitrogens with zero attached hydrogens (tertiary/aromatic N) is 6. The highest BCUT2D eigenvalue weighted by atomic mass is 35.5. The second-order valence-electron chi connectivity index (χ2n) is 12.1. The minimum atomic E-state index is -1.16. The van der Waals surface area contributed by atoms with Gasteiger partial charge in [0.15, 0.2) is 0 Å². The first kappa shape index (κ1) is 35.5.